The second-order valence-electron chi connectivity index (χ2n) is 3.52. The van der Waals surface area contributed by atoms with Crippen LogP contribution in [0.5, 0.6) is 0 Å². The third-order valence-electron chi connectivity index (χ3n) is 2.28. The molecule has 0 amide bonds. The van der Waals surface area contributed by atoms with Gasteiger partial charge in [-0.2, -0.15) is 12.6 Å². The molecule has 1 rings (SSSR count). The summed E-state index contributed by atoms with van der Waals surface area (Å²) in [6.45, 7) is 8.74. The lowest BCUT2D eigenvalue weighted by molar-refractivity contribution is 0.573. The fourth-order valence-corrected chi connectivity index (χ4v) is 2.12. The summed E-state index contributed by atoms with van der Waals surface area (Å²) in [5, 5.41) is 0. The van der Waals surface area contributed by atoms with Crippen molar-refractivity contribution in [1.82, 2.24) is 4.57 Å². The number of thiol groups is 1. The molecule has 0 radical (unpaired) electrons. The second-order valence-corrected chi connectivity index (χ2v) is 3.83. The van der Waals surface area contributed by atoms with E-state index < -0.39 is 0 Å². The highest BCUT2D eigenvalue weighted by molar-refractivity contribution is 7.79. The number of nitrogens with zero attached hydrogens (tertiary/aromatic N) is 1. The van der Waals surface area contributed by atoms with Crippen LogP contribution in [0.4, 0.5) is 0 Å². The molecule has 0 atom stereocenters. The van der Waals surface area contributed by atoms with Crippen molar-refractivity contribution in [2.24, 2.45) is 0 Å². The summed E-state index contributed by atoms with van der Waals surface area (Å²) in [7, 11) is 0. The van der Waals surface area contributed by atoms with Crippen molar-refractivity contribution in [3.63, 3.8) is 0 Å². The average molecular weight is 183 g/mol. The van der Waals surface area contributed by atoms with E-state index in [0.717, 1.165) is 5.75 Å². The summed E-state index contributed by atoms with van der Waals surface area (Å²) in [6.07, 6.45) is 0. The van der Waals surface area contributed by atoms with Crippen LogP contribution in [0, 0.1) is 13.8 Å². The van der Waals surface area contributed by atoms with E-state index in [1.54, 1.807) is 0 Å². The van der Waals surface area contributed by atoms with Crippen molar-refractivity contribution in [2.45, 2.75) is 39.5 Å². The maximum atomic E-state index is 4.30. The SMILES string of the molecule is Cc1cc(CS)c(C)n1C(C)C. The fourth-order valence-electron chi connectivity index (χ4n) is 1.80. The molecule has 1 heterocycles. The minimum absolute atomic E-state index is 0.554. The second kappa shape index (κ2) is 3.56. The molecule has 1 aromatic rings. The van der Waals surface area contributed by atoms with Crippen LogP contribution >= 0.6 is 12.6 Å². The van der Waals surface area contributed by atoms with Crippen molar-refractivity contribution in [1.29, 1.82) is 0 Å². The minimum atomic E-state index is 0.554. The zero-order valence-electron chi connectivity index (χ0n) is 8.26. The third kappa shape index (κ3) is 1.53. The van der Waals surface area contributed by atoms with Crippen LogP contribution in [0.3, 0.4) is 0 Å². The molecule has 0 aliphatic heterocycles. The number of hydrogen-bond acceptors (Lipinski definition) is 1. The van der Waals surface area contributed by atoms with E-state index in [-0.39, 0.29) is 0 Å². The summed E-state index contributed by atoms with van der Waals surface area (Å²) in [6, 6.07) is 2.78. The van der Waals surface area contributed by atoms with Crippen molar-refractivity contribution >= 4 is 12.6 Å². The van der Waals surface area contributed by atoms with E-state index >= 15 is 0 Å². The molecular weight excluding hydrogens is 166 g/mol. The Bertz CT molecular complexity index is 274. The molecule has 0 fully saturated rings. The summed E-state index contributed by atoms with van der Waals surface area (Å²) in [5.41, 5.74) is 4.05. The number of rotatable bonds is 2. The zero-order chi connectivity index (χ0) is 9.30. The Morgan fingerprint density at radius 1 is 1.42 bits per heavy atom. The predicted octanol–water partition coefficient (Wildman–Crippen LogP) is 3.12. The molecule has 0 aliphatic rings. The molecule has 0 bridgehead atoms. The zero-order valence-corrected chi connectivity index (χ0v) is 9.15. The van der Waals surface area contributed by atoms with Gasteiger partial charge in [0, 0.05) is 23.2 Å². The highest BCUT2D eigenvalue weighted by Crippen LogP contribution is 2.20. The van der Waals surface area contributed by atoms with Crippen molar-refractivity contribution in [3.05, 3.63) is 23.0 Å². The van der Waals surface area contributed by atoms with Crippen LogP contribution in [-0.2, 0) is 5.75 Å². The smallest absolute Gasteiger partial charge is 0.0279 e. The lowest BCUT2D eigenvalue weighted by atomic mass is 10.3. The maximum Gasteiger partial charge on any atom is 0.0279 e. The van der Waals surface area contributed by atoms with E-state index in [1.807, 2.05) is 0 Å². The standard InChI is InChI=1S/C10H17NS/c1-7(2)11-8(3)5-10(6-12)9(11)4/h5,7,12H,6H2,1-4H3. The normalized spacial score (nSPS) is 11.2. The van der Waals surface area contributed by atoms with Gasteiger partial charge >= 0.3 is 0 Å². The summed E-state index contributed by atoms with van der Waals surface area (Å²) in [4.78, 5) is 0. The minimum Gasteiger partial charge on any atom is -0.346 e. The van der Waals surface area contributed by atoms with E-state index in [9.17, 15) is 0 Å². The lowest BCUT2D eigenvalue weighted by Gasteiger charge is -2.13. The first-order valence-electron chi connectivity index (χ1n) is 4.36. The van der Waals surface area contributed by atoms with Crippen LogP contribution in [-0.4, -0.2) is 4.57 Å². The summed E-state index contributed by atoms with van der Waals surface area (Å²) < 4.78 is 2.35. The summed E-state index contributed by atoms with van der Waals surface area (Å²) >= 11 is 4.30. The molecule has 68 valence electrons. The number of hydrogen-bond donors (Lipinski definition) is 1. The van der Waals surface area contributed by atoms with E-state index in [1.165, 1.54) is 17.0 Å². The van der Waals surface area contributed by atoms with Gasteiger partial charge in [0.05, 0.1) is 0 Å². The van der Waals surface area contributed by atoms with Gasteiger partial charge in [0.2, 0.25) is 0 Å². The van der Waals surface area contributed by atoms with Gasteiger partial charge in [0.25, 0.3) is 0 Å². The first-order valence-corrected chi connectivity index (χ1v) is 4.99. The third-order valence-corrected chi connectivity index (χ3v) is 2.62. The molecule has 0 saturated carbocycles. The molecule has 12 heavy (non-hydrogen) atoms. The first-order chi connectivity index (χ1) is 5.57. The predicted molar refractivity (Wildman–Crippen MR) is 57.0 cm³/mol. The molecule has 1 aromatic heterocycles. The Morgan fingerprint density at radius 3 is 2.25 bits per heavy atom. The van der Waals surface area contributed by atoms with Gasteiger partial charge in [-0.25, -0.2) is 0 Å². The van der Waals surface area contributed by atoms with E-state index in [4.69, 9.17) is 0 Å². The Labute approximate surface area is 80.2 Å². The van der Waals surface area contributed by atoms with Crippen molar-refractivity contribution in [2.75, 3.05) is 0 Å². The van der Waals surface area contributed by atoms with Crippen LogP contribution in [0.2, 0.25) is 0 Å². The van der Waals surface area contributed by atoms with Gasteiger partial charge in [-0.15, -0.1) is 0 Å². The highest BCUT2D eigenvalue weighted by Gasteiger charge is 2.09. The number of aromatic nitrogens is 1. The molecule has 0 aromatic carbocycles. The van der Waals surface area contributed by atoms with Crippen molar-refractivity contribution < 1.29 is 0 Å². The van der Waals surface area contributed by atoms with Crippen LogP contribution in [0.25, 0.3) is 0 Å². The Morgan fingerprint density at radius 2 is 2.00 bits per heavy atom. The van der Waals surface area contributed by atoms with Crippen LogP contribution in [0.15, 0.2) is 6.07 Å². The van der Waals surface area contributed by atoms with Crippen LogP contribution < -0.4 is 0 Å². The quantitative estimate of drug-likeness (QED) is 0.672. The molecule has 0 unspecified atom stereocenters. The average Bonchev–Trinajstić information content (AvgIpc) is 2.25. The Balaban J connectivity index is 3.19. The first kappa shape index (κ1) is 9.72. The van der Waals surface area contributed by atoms with Gasteiger partial charge in [-0.1, -0.05) is 0 Å². The Kier molecular flexibility index (Phi) is 2.89. The molecule has 0 saturated heterocycles. The van der Waals surface area contributed by atoms with Crippen LogP contribution in [0.1, 0.15) is 36.8 Å². The topological polar surface area (TPSA) is 4.93 Å². The van der Waals surface area contributed by atoms with Gasteiger partial charge in [0.1, 0.15) is 0 Å². The molecule has 1 nitrogen and oxygen atoms in total. The molecule has 0 spiro atoms. The molecule has 0 N–H and O–H groups in total. The van der Waals surface area contributed by atoms with Gasteiger partial charge in [-0.05, 0) is 39.3 Å². The molecule has 2 heteroatoms. The van der Waals surface area contributed by atoms with Gasteiger partial charge < -0.3 is 4.57 Å². The summed E-state index contributed by atoms with van der Waals surface area (Å²) in [5.74, 6) is 0.840. The van der Waals surface area contributed by atoms with E-state index in [2.05, 4.69) is 51.0 Å². The number of aryl methyl sites for hydroxylation is 1. The van der Waals surface area contributed by atoms with Gasteiger partial charge in [0.15, 0.2) is 0 Å². The maximum absolute atomic E-state index is 4.30. The fraction of sp³-hybridized carbons (Fsp3) is 0.600. The van der Waals surface area contributed by atoms with Crippen molar-refractivity contribution in [3.8, 4) is 0 Å². The molecular formula is C10H17NS. The highest BCUT2D eigenvalue weighted by atomic mass is 32.1. The Hall–Kier alpha value is -0.370. The van der Waals surface area contributed by atoms with E-state index in [0.29, 0.717) is 6.04 Å². The lowest BCUT2D eigenvalue weighted by Crippen LogP contribution is -2.04. The monoisotopic (exact) mass is 183 g/mol. The largest absolute Gasteiger partial charge is 0.346 e. The van der Waals surface area contributed by atoms with Gasteiger partial charge in [-0.3, -0.25) is 0 Å². The molecule has 0 aliphatic carbocycles.